The second kappa shape index (κ2) is 8.61. The third-order valence-electron chi connectivity index (χ3n) is 4.90. The Bertz CT molecular complexity index is 1000. The van der Waals surface area contributed by atoms with Gasteiger partial charge in [-0.15, -0.1) is 11.3 Å². The summed E-state index contributed by atoms with van der Waals surface area (Å²) >= 11 is 7.37. The predicted molar refractivity (Wildman–Crippen MR) is 112 cm³/mol. The predicted octanol–water partition coefficient (Wildman–Crippen LogP) is 5.05. The lowest BCUT2D eigenvalue weighted by molar-refractivity contribution is -0.0226. The summed E-state index contributed by atoms with van der Waals surface area (Å²) in [6.07, 6.45) is 0.409. The molecule has 0 saturated carbocycles. The van der Waals surface area contributed by atoms with Crippen LogP contribution < -0.4 is 0 Å². The molecule has 1 aliphatic heterocycles. The monoisotopic (exact) mass is 430 g/mol. The number of aryl methyl sites for hydroxylation is 1. The van der Waals surface area contributed by atoms with Crippen molar-refractivity contribution < 1.29 is 13.9 Å². The number of thiazole rings is 1. The number of hydrogen-bond acceptors (Lipinski definition) is 4. The van der Waals surface area contributed by atoms with E-state index in [1.807, 2.05) is 36.1 Å². The van der Waals surface area contributed by atoms with Gasteiger partial charge in [0.1, 0.15) is 16.8 Å². The van der Waals surface area contributed by atoms with Gasteiger partial charge in [-0.05, 0) is 42.3 Å². The molecule has 150 valence electrons. The molecule has 0 aliphatic carbocycles. The molecule has 4 rings (SSSR count). The van der Waals surface area contributed by atoms with E-state index >= 15 is 0 Å². The number of ether oxygens (including phenoxy) is 1. The number of halogens is 2. The van der Waals surface area contributed by atoms with Crippen LogP contribution in [-0.4, -0.2) is 35.5 Å². The summed E-state index contributed by atoms with van der Waals surface area (Å²) in [6, 6.07) is 13.9. The highest BCUT2D eigenvalue weighted by atomic mass is 35.5. The molecule has 0 spiro atoms. The first kappa shape index (κ1) is 20.0. The number of rotatable bonds is 4. The molecule has 1 aliphatic rings. The van der Waals surface area contributed by atoms with Crippen LogP contribution in [0.3, 0.4) is 0 Å². The van der Waals surface area contributed by atoms with E-state index < -0.39 is 0 Å². The molecular weight excluding hydrogens is 411 g/mol. The Morgan fingerprint density at radius 3 is 2.69 bits per heavy atom. The van der Waals surface area contributed by atoms with Crippen molar-refractivity contribution in [1.82, 2.24) is 9.88 Å². The standard InChI is InChI=1S/C22H20ClFN2O2S/c1-14-21(29-20(25-14)12-15-2-8-18(24)9-3-15)22(27)26-10-11-28-19(13-26)16-4-6-17(23)7-5-16/h2-9,19H,10-13H2,1H3. The van der Waals surface area contributed by atoms with Crippen LogP contribution in [0.2, 0.25) is 5.02 Å². The Morgan fingerprint density at radius 1 is 1.24 bits per heavy atom. The van der Waals surface area contributed by atoms with Crippen LogP contribution in [-0.2, 0) is 11.2 Å². The van der Waals surface area contributed by atoms with Crippen molar-refractivity contribution in [1.29, 1.82) is 0 Å². The maximum Gasteiger partial charge on any atom is 0.266 e. The molecule has 0 bridgehead atoms. The maximum atomic E-state index is 13.1. The molecule has 2 aromatic carbocycles. The van der Waals surface area contributed by atoms with Gasteiger partial charge < -0.3 is 9.64 Å². The van der Waals surface area contributed by atoms with Crippen molar-refractivity contribution in [2.75, 3.05) is 19.7 Å². The van der Waals surface area contributed by atoms with Gasteiger partial charge in [-0.2, -0.15) is 0 Å². The van der Waals surface area contributed by atoms with Gasteiger partial charge in [-0.25, -0.2) is 9.37 Å². The smallest absolute Gasteiger partial charge is 0.266 e. The number of nitrogens with zero attached hydrogens (tertiary/aromatic N) is 2. The van der Waals surface area contributed by atoms with Crippen molar-refractivity contribution in [2.24, 2.45) is 0 Å². The highest BCUT2D eigenvalue weighted by Crippen LogP contribution is 2.27. The fourth-order valence-corrected chi connectivity index (χ4v) is 4.55. The van der Waals surface area contributed by atoms with Gasteiger partial charge in [0, 0.05) is 18.0 Å². The average Bonchev–Trinajstić information content (AvgIpc) is 3.10. The molecule has 29 heavy (non-hydrogen) atoms. The Labute approximate surface area is 177 Å². The molecule has 0 N–H and O–H groups in total. The zero-order valence-electron chi connectivity index (χ0n) is 15.9. The normalized spacial score (nSPS) is 16.8. The van der Waals surface area contributed by atoms with E-state index in [1.165, 1.54) is 23.5 Å². The summed E-state index contributed by atoms with van der Waals surface area (Å²) in [4.78, 5) is 20.2. The molecule has 4 nitrogen and oxygen atoms in total. The zero-order chi connectivity index (χ0) is 20.4. The first-order valence-electron chi connectivity index (χ1n) is 9.36. The summed E-state index contributed by atoms with van der Waals surface area (Å²) in [7, 11) is 0. The number of carbonyl (C=O) groups is 1. The fourth-order valence-electron chi connectivity index (χ4n) is 3.36. The van der Waals surface area contributed by atoms with Gasteiger partial charge in [0.2, 0.25) is 0 Å². The first-order valence-corrected chi connectivity index (χ1v) is 10.6. The summed E-state index contributed by atoms with van der Waals surface area (Å²) < 4.78 is 19.0. The minimum absolute atomic E-state index is 0.0207. The molecule has 1 unspecified atom stereocenters. The Morgan fingerprint density at radius 2 is 1.97 bits per heavy atom. The lowest BCUT2D eigenvalue weighted by atomic mass is 10.1. The molecule has 1 amide bonds. The van der Waals surface area contributed by atoms with E-state index in [0.29, 0.717) is 36.0 Å². The van der Waals surface area contributed by atoms with Crippen LogP contribution in [0.25, 0.3) is 0 Å². The molecule has 3 aromatic rings. The zero-order valence-corrected chi connectivity index (χ0v) is 17.5. The van der Waals surface area contributed by atoms with E-state index in [2.05, 4.69) is 4.98 Å². The van der Waals surface area contributed by atoms with Crippen LogP contribution in [0, 0.1) is 12.7 Å². The molecule has 1 saturated heterocycles. The summed E-state index contributed by atoms with van der Waals surface area (Å²) in [5.41, 5.74) is 2.70. The number of benzene rings is 2. The van der Waals surface area contributed by atoms with Crippen LogP contribution >= 0.6 is 22.9 Å². The summed E-state index contributed by atoms with van der Waals surface area (Å²) in [5.74, 6) is -0.282. The minimum atomic E-state index is -0.262. The molecule has 2 heterocycles. The highest BCUT2D eigenvalue weighted by molar-refractivity contribution is 7.13. The molecular formula is C22H20ClFN2O2S. The Kier molecular flexibility index (Phi) is 5.94. The quantitative estimate of drug-likeness (QED) is 0.581. The third-order valence-corrected chi connectivity index (χ3v) is 6.30. The topological polar surface area (TPSA) is 42.4 Å². The van der Waals surface area contributed by atoms with Crippen molar-refractivity contribution >= 4 is 28.8 Å². The van der Waals surface area contributed by atoms with E-state index in [4.69, 9.17) is 16.3 Å². The van der Waals surface area contributed by atoms with Crippen LogP contribution in [0.4, 0.5) is 4.39 Å². The lowest BCUT2D eigenvalue weighted by Crippen LogP contribution is -2.42. The van der Waals surface area contributed by atoms with Gasteiger partial charge in [0.15, 0.2) is 0 Å². The fraction of sp³-hybridized carbons (Fsp3) is 0.273. The Hall–Kier alpha value is -2.28. The summed E-state index contributed by atoms with van der Waals surface area (Å²) in [6.45, 7) is 3.38. The average molecular weight is 431 g/mol. The maximum absolute atomic E-state index is 13.1. The van der Waals surface area contributed by atoms with Crippen molar-refractivity contribution in [3.63, 3.8) is 0 Å². The van der Waals surface area contributed by atoms with E-state index in [1.54, 1.807) is 12.1 Å². The number of carbonyl (C=O) groups excluding carboxylic acids is 1. The van der Waals surface area contributed by atoms with Gasteiger partial charge >= 0.3 is 0 Å². The number of morpholine rings is 1. The molecule has 0 radical (unpaired) electrons. The van der Waals surface area contributed by atoms with Crippen LogP contribution in [0.1, 0.15) is 37.6 Å². The van der Waals surface area contributed by atoms with E-state index in [0.717, 1.165) is 21.8 Å². The van der Waals surface area contributed by atoms with Crippen LogP contribution in [0.5, 0.6) is 0 Å². The van der Waals surface area contributed by atoms with E-state index in [9.17, 15) is 9.18 Å². The van der Waals surface area contributed by atoms with Crippen LogP contribution in [0.15, 0.2) is 48.5 Å². The van der Waals surface area contributed by atoms with Crippen molar-refractivity contribution in [3.8, 4) is 0 Å². The molecule has 1 aromatic heterocycles. The second-order valence-corrected chi connectivity index (χ2v) is 8.51. The highest BCUT2D eigenvalue weighted by Gasteiger charge is 2.28. The second-order valence-electron chi connectivity index (χ2n) is 6.99. The third kappa shape index (κ3) is 4.66. The van der Waals surface area contributed by atoms with Gasteiger partial charge in [0.25, 0.3) is 5.91 Å². The minimum Gasteiger partial charge on any atom is -0.370 e. The summed E-state index contributed by atoms with van der Waals surface area (Å²) in [5, 5.41) is 1.52. The number of hydrogen-bond donors (Lipinski definition) is 0. The van der Waals surface area contributed by atoms with Crippen molar-refractivity contribution in [3.05, 3.63) is 86.1 Å². The van der Waals surface area contributed by atoms with E-state index in [-0.39, 0.29) is 17.8 Å². The molecule has 1 fully saturated rings. The number of amides is 1. The largest absolute Gasteiger partial charge is 0.370 e. The van der Waals surface area contributed by atoms with Gasteiger partial charge in [0.05, 0.1) is 23.9 Å². The Balaban J connectivity index is 1.48. The first-order chi connectivity index (χ1) is 14.0. The molecule has 1 atom stereocenters. The number of aromatic nitrogens is 1. The SMILES string of the molecule is Cc1nc(Cc2ccc(F)cc2)sc1C(=O)N1CCOC(c2ccc(Cl)cc2)C1. The van der Waals surface area contributed by atoms with Gasteiger partial charge in [-0.1, -0.05) is 35.9 Å². The lowest BCUT2D eigenvalue weighted by Gasteiger charge is -2.33. The molecule has 7 heteroatoms. The van der Waals surface area contributed by atoms with Gasteiger partial charge in [-0.3, -0.25) is 4.79 Å². The van der Waals surface area contributed by atoms with Crippen molar-refractivity contribution in [2.45, 2.75) is 19.4 Å².